The van der Waals surface area contributed by atoms with Gasteiger partial charge in [-0.25, -0.2) is 0 Å². The Morgan fingerprint density at radius 2 is 1.94 bits per heavy atom. The molecule has 1 unspecified atom stereocenters. The highest BCUT2D eigenvalue weighted by molar-refractivity contribution is 6.00. The number of anilines is 1. The molecule has 0 aliphatic carbocycles. The van der Waals surface area contributed by atoms with E-state index < -0.39 is 0 Å². The maximum absolute atomic E-state index is 13.4. The van der Waals surface area contributed by atoms with E-state index in [1.807, 2.05) is 24.4 Å². The smallest absolute Gasteiger partial charge is 0.255 e. The van der Waals surface area contributed by atoms with Crippen molar-refractivity contribution in [3.8, 4) is 0 Å². The van der Waals surface area contributed by atoms with Gasteiger partial charge >= 0.3 is 0 Å². The maximum Gasteiger partial charge on any atom is 0.255 e. The lowest BCUT2D eigenvalue weighted by molar-refractivity contribution is -0.122. The van der Waals surface area contributed by atoms with Gasteiger partial charge in [-0.3, -0.25) is 14.6 Å². The molecule has 0 aromatic heterocycles. The van der Waals surface area contributed by atoms with E-state index in [1.54, 1.807) is 11.0 Å². The minimum Gasteiger partial charge on any atom is -0.368 e. The molecule has 1 aromatic carbocycles. The fraction of sp³-hybridized carbons (Fsp3) is 0.323. The van der Waals surface area contributed by atoms with E-state index in [9.17, 15) is 4.79 Å². The molecular weight excluding hydrogens is 430 g/mol. The molecule has 0 saturated carbocycles. The molecule has 4 heterocycles. The average molecular weight is 466 g/mol. The number of nitrogens with zero attached hydrogens (tertiary/aromatic N) is 3. The number of hydrogen-bond acceptors (Lipinski definition) is 3. The van der Waals surface area contributed by atoms with Gasteiger partial charge in [0.2, 0.25) is 0 Å². The van der Waals surface area contributed by atoms with Crippen molar-refractivity contribution >= 4 is 23.2 Å². The Morgan fingerprint density at radius 3 is 2.71 bits per heavy atom. The fourth-order valence-corrected chi connectivity index (χ4v) is 5.32. The van der Waals surface area contributed by atoms with Crippen LogP contribution in [0.5, 0.6) is 0 Å². The molecule has 0 fully saturated rings. The number of hydrogen-bond donors (Lipinski definition) is 0. The van der Waals surface area contributed by atoms with Gasteiger partial charge in [-0.2, -0.15) is 0 Å². The number of carbonyl (C=O) groups is 1. The first-order valence-corrected chi connectivity index (χ1v) is 12.9. The molecule has 0 N–H and O–H groups in total. The molecule has 4 nitrogen and oxygen atoms in total. The van der Waals surface area contributed by atoms with Crippen molar-refractivity contribution in [3.05, 3.63) is 101 Å². The summed E-state index contributed by atoms with van der Waals surface area (Å²) < 4.78 is 0. The third kappa shape index (κ3) is 4.76. The first-order chi connectivity index (χ1) is 17.1. The van der Waals surface area contributed by atoms with E-state index in [4.69, 9.17) is 0 Å². The summed E-state index contributed by atoms with van der Waals surface area (Å²) in [6.45, 7) is 7.65. The minimum absolute atomic E-state index is 0.0158. The number of fused-ring (bicyclic) bond motifs is 2. The summed E-state index contributed by atoms with van der Waals surface area (Å²) in [7, 11) is 2.15. The summed E-state index contributed by atoms with van der Waals surface area (Å²) in [5.74, 6) is -0.0158. The van der Waals surface area contributed by atoms with Crippen molar-refractivity contribution in [1.82, 2.24) is 9.80 Å². The quantitative estimate of drug-likeness (QED) is 0.526. The zero-order valence-electron chi connectivity index (χ0n) is 21.1. The van der Waals surface area contributed by atoms with Crippen LogP contribution in [0.4, 0.5) is 5.69 Å². The SMILES string of the molecule is CCCN1CC=C(C2=CN3C(=O)/C=C(c4ccc5c(c4)C=CC(CC)N5C)\C=C\C=C3C=C2)CC1. The first kappa shape index (κ1) is 23.4. The molecule has 1 aromatic rings. The second-order valence-corrected chi connectivity index (χ2v) is 9.68. The van der Waals surface area contributed by atoms with Gasteiger partial charge in [0.15, 0.2) is 0 Å². The molecule has 0 bridgehead atoms. The van der Waals surface area contributed by atoms with Gasteiger partial charge in [-0.1, -0.05) is 56.4 Å². The molecule has 35 heavy (non-hydrogen) atoms. The number of carbonyl (C=O) groups excluding carboxylic acids is 1. The topological polar surface area (TPSA) is 26.8 Å². The Hall–Kier alpha value is -3.37. The molecule has 1 atom stereocenters. The Labute approximate surface area is 209 Å². The minimum atomic E-state index is -0.0158. The highest BCUT2D eigenvalue weighted by atomic mass is 16.2. The van der Waals surface area contributed by atoms with Gasteiger partial charge in [-0.15, -0.1) is 0 Å². The number of likely N-dealkylation sites (N-methyl/N-ethyl adjacent to an activating group) is 1. The van der Waals surface area contributed by atoms with Crippen molar-refractivity contribution in [2.24, 2.45) is 0 Å². The number of rotatable bonds is 5. The van der Waals surface area contributed by atoms with Crippen LogP contribution in [0.1, 0.15) is 44.2 Å². The second kappa shape index (κ2) is 10.1. The first-order valence-electron chi connectivity index (χ1n) is 12.9. The predicted octanol–water partition coefficient (Wildman–Crippen LogP) is 6.09. The Morgan fingerprint density at radius 1 is 1.06 bits per heavy atom. The van der Waals surface area contributed by atoms with Crippen LogP contribution in [0.25, 0.3) is 11.6 Å². The third-order valence-electron chi connectivity index (χ3n) is 7.40. The van der Waals surface area contributed by atoms with Gasteiger partial charge < -0.3 is 4.90 Å². The van der Waals surface area contributed by atoms with Crippen molar-refractivity contribution < 1.29 is 4.79 Å². The van der Waals surface area contributed by atoms with Crippen LogP contribution < -0.4 is 4.90 Å². The van der Waals surface area contributed by atoms with E-state index in [2.05, 4.69) is 79.3 Å². The van der Waals surface area contributed by atoms with Crippen molar-refractivity contribution in [2.75, 3.05) is 31.6 Å². The van der Waals surface area contributed by atoms with E-state index in [0.717, 1.165) is 54.9 Å². The van der Waals surface area contributed by atoms with Crippen LogP contribution in [0.2, 0.25) is 0 Å². The Kier molecular flexibility index (Phi) is 6.74. The summed E-state index contributed by atoms with van der Waals surface area (Å²) in [4.78, 5) is 20.0. The Balaban J connectivity index is 1.41. The van der Waals surface area contributed by atoms with Crippen molar-refractivity contribution in [2.45, 2.75) is 39.2 Å². The van der Waals surface area contributed by atoms with E-state index >= 15 is 0 Å². The van der Waals surface area contributed by atoms with E-state index in [0.29, 0.717) is 6.04 Å². The summed E-state index contributed by atoms with van der Waals surface area (Å²) in [6, 6.07) is 6.93. The summed E-state index contributed by atoms with van der Waals surface area (Å²) in [5.41, 5.74) is 7.78. The molecule has 1 amide bonds. The second-order valence-electron chi connectivity index (χ2n) is 9.68. The predicted molar refractivity (Wildman–Crippen MR) is 147 cm³/mol. The van der Waals surface area contributed by atoms with Crippen LogP contribution in [0.3, 0.4) is 0 Å². The molecule has 4 heteroatoms. The van der Waals surface area contributed by atoms with Gasteiger partial charge in [0, 0.05) is 49.8 Å². The van der Waals surface area contributed by atoms with Crippen LogP contribution in [0.15, 0.2) is 89.9 Å². The molecule has 4 aliphatic rings. The number of allylic oxidation sites excluding steroid dienone is 7. The molecule has 0 saturated heterocycles. The van der Waals surface area contributed by atoms with Gasteiger partial charge in [0.25, 0.3) is 5.91 Å². The standard InChI is InChI=1S/C31H35N3O/c1-4-17-33-18-15-23(16-19-33)27-10-13-29-8-6-7-24(21-31(35)34(29)22-27)25-11-14-30-26(20-25)9-12-28(5-2)32(30)3/h6-15,20-22,28H,4-5,16-19H2,1-3H3/b7-6+,24-21+,29-8?. The lowest BCUT2D eigenvalue weighted by Gasteiger charge is -2.32. The van der Waals surface area contributed by atoms with Crippen molar-refractivity contribution in [1.29, 1.82) is 0 Å². The lowest BCUT2D eigenvalue weighted by Crippen LogP contribution is -2.31. The average Bonchev–Trinajstić information content (AvgIpc) is 2.88. The zero-order valence-corrected chi connectivity index (χ0v) is 21.1. The highest BCUT2D eigenvalue weighted by Crippen LogP contribution is 2.33. The fourth-order valence-electron chi connectivity index (χ4n) is 5.32. The molecule has 0 spiro atoms. The largest absolute Gasteiger partial charge is 0.368 e. The summed E-state index contributed by atoms with van der Waals surface area (Å²) in [6.07, 6.45) is 24.2. The Bertz CT molecular complexity index is 1220. The maximum atomic E-state index is 13.4. The molecular formula is C31H35N3O. The van der Waals surface area contributed by atoms with Gasteiger partial charge in [-0.05, 0) is 77.9 Å². The van der Waals surface area contributed by atoms with Crippen LogP contribution in [-0.4, -0.2) is 48.4 Å². The van der Waals surface area contributed by atoms with Crippen LogP contribution in [-0.2, 0) is 4.79 Å². The third-order valence-corrected chi connectivity index (χ3v) is 7.40. The van der Waals surface area contributed by atoms with E-state index in [1.165, 1.54) is 23.2 Å². The normalized spacial score (nSPS) is 24.4. The monoisotopic (exact) mass is 465 g/mol. The highest BCUT2D eigenvalue weighted by Gasteiger charge is 2.22. The number of benzene rings is 1. The molecule has 4 aliphatic heterocycles. The van der Waals surface area contributed by atoms with Crippen molar-refractivity contribution in [3.63, 3.8) is 0 Å². The molecule has 180 valence electrons. The molecule has 5 rings (SSSR count). The number of amides is 1. The summed E-state index contributed by atoms with van der Waals surface area (Å²) in [5, 5.41) is 0. The summed E-state index contributed by atoms with van der Waals surface area (Å²) >= 11 is 0. The zero-order chi connectivity index (χ0) is 24.4. The van der Waals surface area contributed by atoms with Crippen LogP contribution >= 0.6 is 0 Å². The van der Waals surface area contributed by atoms with E-state index in [-0.39, 0.29) is 5.91 Å². The van der Waals surface area contributed by atoms with Crippen LogP contribution in [0, 0.1) is 0 Å². The van der Waals surface area contributed by atoms with Gasteiger partial charge in [0.1, 0.15) is 0 Å². The lowest BCUT2D eigenvalue weighted by atomic mass is 9.95. The van der Waals surface area contributed by atoms with Gasteiger partial charge in [0.05, 0.1) is 0 Å². The molecule has 0 radical (unpaired) electrons.